The molecule has 0 saturated carbocycles. The first-order chi connectivity index (χ1) is 15.2. The highest BCUT2D eigenvalue weighted by atomic mass is 35.5. The lowest BCUT2D eigenvalue weighted by molar-refractivity contribution is -0.140. The van der Waals surface area contributed by atoms with E-state index in [9.17, 15) is 18.0 Å². The number of benzene rings is 2. The summed E-state index contributed by atoms with van der Waals surface area (Å²) < 4.78 is 33.4. The van der Waals surface area contributed by atoms with Crippen LogP contribution in [-0.2, 0) is 30.9 Å². The zero-order valence-electron chi connectivity index (χ0n) is 17.9. The van der Waals surface area contributed by atoms with Gasteiger partial charge >= 0.3 is 11.8 Å². The summed E-state index contributed by atoms with van der Waals surface area (Å²) in [6, 6.07) is 12.1. The van der Waals surface area contributed by atoms with Gasteiger partial charge in [-0.15, -0.1) is 0 Å². The van der Waals surface area contributed by atoms with Gasteiger partial charge in [-0.3, -0.25) is 9.59 Å². The molecule has 0 radical (unpaired) electrons. The standard InChI is InChI=1S/C22H26ClN3O5S/c1-15-4-5-16(2)19(12-15)32(29,30)26-10-3-11-31-20(26)14-25-22(28)21(27)24-13-17-6-8-18(23)9-7-17/h4-9,12,20H,3,10-11,13-14H2,1-2H3,(H,24,27)(H,25,28)/t20-/m1/s1. The molecule has 3 rings (SSSR count). The molecular formula is C22H26ClN3O5S. The lowest BCUT2D eigenvalue weighted by atomic mass is 10.2. The monoisotopic (exact) mass is 479 g/mol. The van der Waals surface area contributed by atoms with Gasteiger partial charge in [-0.2, -0.15) is 4.31 Å². The molecular weight excluding hydrogens is 454 g/mol. The predicted octanol–water partition coefficient (Wildman–Crippen LogP) is 2.13. The van der Waals surface area contributed by atoms with E-state index in [1.54, 1.807) is 43.3 Å². The fourth-order valence-electron chi connectivity index (χ4n) is 3.34. The second-order valence-corrected chi connectivity index (χ2v) is 9.88. The molecule has 32 heavy (non-hydrogen) atoms. The molecule has 1 aliphatic heterocycles. The van der Waals surface area contributed by atoms with Gasteiger partial charge in [0.25, 0.3) is 0 Å². The Kier molecular flexibility index (Phi) is 7.89. The number of nitrogens with zero attached hydrogens (tertiary/aromatic N) is 1. The number of rotatable bonds is 6. The maximum atomic E-state index is 13.3. The van der Waals surface area contributed by atoms with E-state index in [4.69, 9.17) is 16.3 Å². The van der Waals surface area contributed by atoms with Crippen LogP contribution in [0.5, 0.6) is 0 Å². The van der Waals surface area contributed by atoms with Gasteiger partial charge in [0.05, 0.1) is 18.0 Å². The third-order valence-corrected chi connectivity index (χ3v) is 7.38. The van der Waals surface area contributed by atoms with Gasteiger partial charge < -0.3 is 15.4 Å². The minimum Gasteiger partial charge on any atom is -0.360 e. The first-order valence-corrected chi connectivity index (χ1v) is 12.0. The molecule has 2 aromatic carbocycles. The van der Waals surface area contributed by atoms with Crippen molar-refractivity contribution in [2.75, 3.05) is 19.7 Å². The van der Waals surface area contributed by atoms with E-state index in [0.717, 1.165) is 11.1 Å². The van der Waals surface area contributed by atoms with Crippen molar-refractivity contribution in [3.05, 3.63) is 64.2 Å². The Hall–Kier alpha value is -2.46. The lowest BCUT2D eigenvalue weighted by Gasteiger charge is -2.35. The summed E-state index contributed by atoms with van der Waals surface area (Å²) in [5.41, 5.74) is 2.25. The van der Waals surface area contributed by atoms with Crippen LogP contribution in [-0.4, -0.2) is 50.5 Å². The van der Waals surface area contributed by atoms with Gasteiger partial charge in [-0.1, -0.05) is 35.9 Å². The second kappa shape index (κ2) is 10.4. The van der Waals surface area contributed by atoms with E-state index in [0.29, 0.717) is 23.6 Å². The molecule has 0 aromatic heterocycles. The molecule has 2 aromatic rings. The highest BCUT2D eigenvalue weighted by Crippen LogP contribution is 2.25. The summed E-state index contributed by atoms with van der Waals surface area (Å²) in [5.74, 6) is -1.68. The van der Waals surface area contributed by atoms with Crippen LogP contribution in [0.1, 0.15) is 23.1 Å². The number of nitrogens with one attached hydrogen (secondary N) is 2. The molecule has 0 unspecified atom stereocenters. The van der Waals surface area contributed by atoms with Crippen molar-refractivity contribution in [1.82, 2.24) is 14.9 Å². The molecule has 1 atom stereocenters. The Balaban J connectivity index is 1.62. The molecule has 1 aliphatic rings. The van der Waals surface area contributed by atoms with Gasteiger partial charge in [-0.25, -0.2) is 8.42 Å². The summed E-state index contributed by atoms with van der Waals surface area (Å²) >= 11 is 5.83. The minimum atomic E-state index is -3.84. The highest BCUT2D eigenvalue weighted by molar-refractivity contribution is 7.89. The van der Waals surface area contributed by atoms with Crippen LogP contribution < -0.4 is 10.6 Å². The zero-order chi connectivity index (χ0) is 23.3. The van der Waals surface area contributed by atoms with Gasteiger partial charge in [0.1, 0.15) is 6.23 Å². The van der Waals surface area contributed by atoms with Crippen molar-refractivity contribution in [3.8, 4) is 0 Å². The van der Waals surface area contributed by atoms with Gasteiger partial charge in [0.2, 0.25) is 10.0 Å². The summed E-state index contributed by atoms with van der Waals surface area (Å²) in [6.07, 6.45) is -0.363. The topological polar surface area (TPSA) is 105 Å². The number of hydrogen-bond donors (Lipinski definition) is 2. The molecule has 1 fully saturated rings. The Morgan fingerprint density at radius 1 is 1.09 bits per heavy atom. The van der Waals surface area contributed by atoms with Gasteiger partial charge in [-0.05, 0) is 55.2 Å². The molecule has 172 valence electrons. The average Bonchev–Trinajstić information content (AvgIpc) is 2.78. The van der Waals surface area contributed by atoms with E-state index >= 15 is 0 Å². The number of amides is 2. The lowest BCUT2D eigenvalue weighted by Crippen LogP contribution is -2.53. The second-order valence-electron chi connectivity index (χ2n) is 7.58. The molecule has 8 nitrogen and oxygen atoms in total. The highest BCUT2D eigenvalue weighted by Gasteiger charge is 2.35. The first kappa shape index (κ1) is 24.2. The molecule has 10 heteroatoms. The van der Waals surface area contributed by atoms with Crippen molar-refractivity contribution in [1.29, 1.82) is 0 Å². The van der Waals surface area contributed by atoms with Crippen molar-refractivity contribution in [2.45, 2.75) is 37.9 Å². The third-order valence-electron chi connectivity index (χ3n) is 5.09. The Morgan fingerprint density at radius 2 is 1.78 bits per heavy atom. The van der Waals surface area contributed by atoms with Crippen molar-refractivity contribution in [2.24, 2.45) is 0 Å². The van der Waals surface area contributed by atoms with Gasteiger partial charge in [0.15, 0.2) is 0 Å². The Morgan fingerprint density at radius 3 is 2.50 bits per heavy atom. The minimum absolute atomic E-state index is 0.142. The van der Waals surface area contributed by atoms with Crippen molar-refractivity contribution < 1.29 is 22.7 Å². The van der Waals surface area contributed by atoms with Crippen LogP contribution in [0.25, 0.3) is 0 Å². The number of sulfonamides is 1. The molecule has 0 bridgehead atoms. The van der Waals surface area contributed by atoms with Crippen LogP contribution in [0.4, 0.5) is 0 Å². The van der Waals surface area contributed by atoms with Crippen LogP contribution in [0, 0.1) is 13.8 Å². The molecule has 2 N–H and O–H groups in total. The fourth-order valence-corrected chi connectivity index (χ4v) is 5.34. The molecule has 0 spiro atoms. The van der Waals surface area contributed by atoms with Crippen molar-refractivity contribution in [3.63, 3.8) is 0 Å². The largest absolute Gasteiger partial charge is 0.360 e. The van der Waals surface area contributed by atoms with E-state index in [-0.39, 0.29) is 24.5 Å². The maximum absolute atomic E-state index is 13.3. The van der Waals surface area contributed by atoms with Crippen LogP contribution >= 0.6 is 11.6 Å². The zero-order valence-corrected chi connectivity index (χ0v) is 19.5. The summed E-state index contributed by atoms with van der Waals surface area (Å²) in [5, 5.41) is 5.57. The first-order valence-electron chi connectivity index (χ1n) is 10.2. The SMILES string of the molecule is Cc1ccc(C)c(S(=O)(=O)N2CCCO[C@@H]2CNC(=O)C(=O)NCc2ccc(Cl)cc2)c1. The predicted molar refractivity (Wildman–Crippen MR) is 120 cm³/mol. The maximum Gasteiger partial charge on any atom is 0.309 e. The molecule has 2 amide bonds. The molecule has 1 saturated heterocycles. The number of ether oxygens (including phenoxy) is 1. The Labute approximate surface area is 192 Å². The van der Waals surface area contributed by atoms with Crippen molar-refractivity contribution >= 4 is 33.4 Å². The third kappa shape index (κ3) is 5.86. The number of aryl methyl sites for hydroxylation is 2. The quantitative estimate of drug-likeness (QED) is 0.617. The average molecular weight is 480 g/mol. The number of halogens is 1. The van der Waals surface area contributed by atoms with E-state index in [1.165, 1.54) is 4.31 Å². The number of carbonyl (C=O) groups excluding carboxylic acids is 2. The van der Waals surface area contributed by atoms with Crippen LogP contribution in [0.2, 0.25) is 5.02 Å². The van der Waals surface area contributed by atoms with Gasteiger partial charge in [0, 0.05) is 18.1 Å². The number of carbonyl (C=O) groups is 2. The normalized spacial score (nSPS) is 17.0. The number of hydrogen-bond acceptors (Lipinski definition) is 5. The van der Waals surface area contributed by atoms with E-state index in [1.807, 2.05) is 13.0 Å². The molecule has 0 aliphatic carbocycles. The smallest absolute Gasteiger partial charge is 0.309 e. The summed E-state index contributed by atoms with van der Waals surface area (Å²) in [6.45, 7) is 4.21. The fraction of sp³-hybridized carbons (Fsp3) is 0.364. The van der Waals surface area contributed by atoms with Crippen LogP contribution in [0.15, 0.2) is 47.4 Å². The van der Waals surface area contributed by atoms with E-state index in [2.05, 4.69) is 10.6 Å². The Bertz CT molecular complexity index is 1090. The summed E-state index contributed by atoms with van der Waals surface area (Å²) in [4.78, 5) is 24.5. The summed E-state index contributed by atoms with van der Waals surface area (Å²) in [7, 11) is -3.84. The van der Waals surface area contributed by atoms with Crippen LogP contribution in [0.3, 0.4) is 0 Å². The van der Waals surface area contributed by atoms with E-state index < -0.39 is 28.1 Å². The molecule has 1 heterocycles.